The average Bonchev–Trinajstić information content (AvgIpc) is 3.11. The number of hydrogen-bond acceptors (Lipinski definition) is 4. The molecule has 2 amide bonds. The summed E-state index contributed by atoms with van der Waals surface area (Å²) in [6.07, 6.45) is 1.26. The summed E-state index contributed by atoms with van der Waals surface area (Å²) in [6, 6.07) is 10.8. The summed E-state index contributed by atoms with van der Waals surface area (Å²) in [5.41, 5.74) is 1.12. The van der Waals surface area contributed by atoms with Gasteiger partial charge in [-0.1, -0.05) is 19.1 Å². The van der Waals surface area contributed by atoms with Crippen molar-refractivity contribution in [3.8, 4) is 5.75 Å². The largest absolute Gasteiger partial charge is 0.489 e. The van der Waals surface area contributed by atoms with E-state index in [0.717, 1.165) is 17.7 Å². The standard InChI is InChI=1S/C18H24N2O4/c1-3-14(24-15-7-4-6-13(2)10-15)11-19-18(22)20-12-16(21)17-8-5-9-23-17/h4-10,14,16,21H,3,11-12H2,1-2H3,(H2,19,20,22). The van der Waals surface area contributed by atoms with Crippen LogP contribution >= 0.6 is 0 Å². The Labute approximate surface area is 141 Å². The first-order valence-corrected chi connectivity index (χ1v) is 8.05. The molecule has 0 aliphatic carbocycles. The summed E-state index contributed by atoms with van der Waals surface area (Å²) in [6.45, 7) is 4.46. The molecule has 0 spiro atoms. The molecule has 0 fully saturated rings. The number of benzene rings is 1. The Bertz CT molecular complexity index is 628. The van der Waals surface area contributed by atoms with Crippen LogP contribution in [0.1, 0.15) is 30.8 Å². The topological polar surface area (TPSA) is 83.7 Å². The number of ether oxygens (including phenoxy) is 1. The van der Waals surface area contributed by atoms with E-state index in [1.807, 2.05) is 38.1 Å². The molecular weight excluding hydrogens is 308 g/mol. The van der Waals surface area contributed by atoms with Gasteiger partial charge in [0.15, 0.2) is 0 Å². The molecule has 0 saturated heterocycles. The minimum Gasteiger partial charge on any atom is -0.489 e. The molecule has 2 atom stereocenters. The third-order valence-corrected chi connectivity index (χ3v) is 3.57. The van der Waals surface area contributed by atoms with Crippen LogP contribution in [0.3, 0.4) is 0 Å². The normalized spacial score (nSPS) is 13.1. The van der Waals surface area contributed by atoms with Gasteiger partial charge in [0.25, 0.3) is 0 Å². The van der Waals surface area contributed by atoms with Crippen molar-refractivity contribution in [1.82, 2.24) is 10.6 Å². The lowest BCUT2D eigenvalue weighted by molar-refractivity contribution is 0.146. The number of carbonyl (C=O) groups excluding carboxylic acids is 1. The number of nitrogens with one attached hydrogen (secondary N) is 2. The van der Waals surface area contributed by atoms with Crippen molar-refractivity contribution in [2.75, 3.05) is 13.1 Å². The van der Waals surface area contributed by atoms with E-state index >= 15 is 0 Å². The van der Waals surface area contributed by atoms with Crippen molar-refractivity contribution in [2.24, 2.45) is 0 Å². The molecule has 0 bridgehead atoms. The summed E-state index contributed by atoms with van der Waals surface area (Å²) in [5.74, 6) is 1.21. The molecule has 2 aromatic rings. The molecule has 1 heterocycles. The molecule has 0 aliphatic heterocycles. The number of aliphatic hydroxyl groups excluding tert-OH is 1. The number of hydrogen-bond donors (Lipinski definition) is 3. The molecule has 3 N–H and O–H groups in total. The van der Waals surface area contributed by atoms with Crippen LogP contribution in [0, 0.1) is 6.92 Å². The fourth-order valence-corrected chi connectivity index (χ4v) is 2.19. The predicted octanol–water partition coefficient (Wildman–Crippen LogP) is 2.78. The molecule has 6 nitrogen and oxygen atoms in total. The van der Waals surface area contributed by atoms with Gasteiger partial charge in [0.2, 0.25) is 0 Å². The van der Waals surface area contributed by atoms with Gasteiger partial charge in [-0.3, -0.25) is 0 Å². The molecule has 1 aromatic carbocycles. The summed E-state index contributed by atoms with van der Waals surface area (Å²) >= 11 is 0. The maximum absolute atomic E-state index is 11.8. The Hall–Kier alpha value is -2.47. The first kappa shape index (κ1) is 17.9. The average molecular weight is 332 g/mol. The predicted molar refractivity (Wildman–Crippen MR) is 91.0 cm³/mol. The monoisotopic (exact) mass is 332 g/mol. The number of carbonyl (C=O) groups is 1. The molecule has 0 saturated carbocycles. The van der Waals surface area contributed by atoms with Crippen molar-refractivity contribution in [2.45, 2.75) is 32.5 Å². The van der Waals surface area contributed by atoms with Crippen molar-refractivity contribution in [3.63, 3.8) is 0 Å². The Morgan fingerprint density at radius 2 is 2.04 bits per heavy atom. The number of furan rings is 1. The Morgan fingerprint density at radius 3 is 2.71 bits per heavy atom. The van der Waals surface area contributed by atoms with Crippen molar-refractivity contribution in [1.29, 1.82) is 0 Å². The van der Waals surface area contributed by atoms with E-state index < -0.39 is 6.10 Å². The molecule has 2 rings (SSSR count). The van der Waals surface area contributed by atoms with E-state index in [-0.39, 0.29) is 18.7 Å². The van der Waals surface area contributed by atoms with Crippen LogP contribution in [0.4, 0.5) is 4.79 Å². The van der Waals surface area contributed by atoms with Crippen LogP contribution in [0.15, 0.2) is 47.1 Å². The van der Waals surface area contributed by atoms with Gasteiger partial charge in [-0.2, -0.15) is 0 Å². The highest BCUT2D eigenvalue weighted by Crippen LogP contribution is 2.15. The van der Waals surface area contributed by atoms with Crippen LogP contribution in [0.5, 0.6) is 5.75 Å². The molecule has 6 heteroatoms. The van der Waals surface area contributed by atoms with Gasteiger partial charge in [-0.25, -0.2) is 4.79 Å². The van der Waals surface area contributed by atoms with E-state index in [1.54, 1.807) is 12.1 Å². The van der Waals surface area contributed by atoms with Crippen molar-refractivity contribution < 1.29 is 19.1 Å². The summed E-state index contributed by atoms with van der Waals surface area (Å²) in [5, 5.41) is 15.2. The minimum atomic E-state index is -0.865. The van der Waals surface area contributed by atoms with Crippen molar-refractivity contribution >= 4 is 6.03 Å². The highest BCUT2D eigenvalue weighted by molar-refractivity contribution is 5.73. The molecule has 2 unspecified atom stereocenters. The lowest BCUT2D eigenvalue weighted by Gasteiger charge is -2.19. The third-order valence-electron chi connectivity index (χ3n) is 3.57. The first-order chi connectivity index (χ1) is 11.6. The highest BCUT2D eigenvalue weighted by Gasteiger charge is 2.13. The number of amides is 2. The van der Waals surface area contributed by atoms with Crippen LogP contribution in [-0.4, -0.2) is 30.3 Å². The SMILES string of the molecule is CCC(CNC(=O)NCC(O)c1ccco1)Oc1cccc(C)c1. The fraction of sp³-hybridized carbons (Fsp3) is 0.389. The third kappa shape index (κ3) is 5.62. The van der Waals surface area contributed by atoms with E-state index in [9.17, 15) is 9.90 Å². The number of rotatable bonds is 8. The lowest BCUT2D eigenvalue weighted by atomic mass is 10.2. The second-order valence-corrected chi connectivity index (χ2v) is 5.59. The molecule has 1 aromatic heterocycles. The van der Waals surface area contributed by atoms with E-state index in [0.29, 0.717) is 12.3 Å². The maximum Gasteiger partial charge on any atom is 0.315 e. The maximum atomic E-state index is 11.8. The minimum absolute atomic E-state index is 0.0782. The number of aliphatic hydroxyl groups is 1. The number of urea groups is 1. The van der Waals surface area contributed by atoms with Gasteiger partial charge in [0.1, 0.15) is 23.7 Å². The fourth-order valence-electron chi connectivity index (χ4n) is 2.19. The Morgan fingerprint density at radius 1 is 1.25 bits per heavy atom. The van der Waals surface area contributed by atoms with Gasteiger partial charge >= 0.3 is 6.03 Å². The van der Waals surface area contributed by atoms with Crippen LogP contribution in [0.25, 0.3) is 0 Å². The summed E-state index contributed by atoms with van der Waals surface area (Å²) in [4.78, 5) is 11.8. The van der Waals surface area contributed by atoms with Crippen LogP contribution in [-0.2, 0) is 0 Å². The first-order valence-electron chi connectivity index (χ1n) is 8.05. The smallest absolute Gasteiger partial charge is 0.315 e. The second kappa shape index (κ2) is 8.98. The quantitative estimate of drug-likeness (QED) is 0.694. The van der Waals surface area contributed by atoms with E-state index in [4.69, 9.17) is 9.15 Å². The Kier molecular flexibility index (Phi) is 6.69. The van der Waals surface area contributed by atoms with Crippen LogP contribution < -0.4 is 15.4 Å². The van der Waals surface area contributed by atoms with E-state index in [1.165, 1.54) is 6.26 Å². The zero-order valence-electron chi connectivity index (χ0n) is 14.0. The van der Waals surface area contributed by atoms with Gasteiger partial charge in [-0.15, -0.1) is 0 Å². The summed E-state index contributed by atoms with van der Waals surface area (Å²) < 4.78 is 10.9. The molecule has 24 heavy (non-hydrogen) atoms. The van der Waals surface area contributed by atoms with Gasteiger partial charge in [0.05, 0.1) is 19.4 Å². The summed E-state index contributed by atoms with van der Waals surface area (Å²) in [7, 11) is 0. The van der Waals surface area contributed by atoms with Gasteiger partial charge in [-0.05, 0) is 43.2 Å². The van der Waals surface area contributed by atoms with Gasteiger partial charge < -0.3 is 24.9 Å². The van der Waals surface area contributed by atoms with Crippen molar-refractivity contribution in [3.05, 3.63) is 54.0 Å². The number of aryl methyl sites for hydroxylation is 1. The Balaban J connectivity index is 1.73. The van der Waals surface area contributed by atoms with Gasteiger partial charge in [0, 0.05) is 0 Å². The molecular formula is C18H24N2O4. The molecule has 0 aliphatic rings. The highest BCUT2D eigenvalue weighted by atomic mass is 16.5. The van der Waals surface area contributed by atoms with Crippen LogP contribution in [0.2, 0.25) is 0 Å². The van der Waals surface area contributed by atoms with E-state index in [2.05, 4.69) is 10.6 Å². The molecule has 130 valence electrons. The zero-order chi connectivity index (χ0) is 17.4. The lowest BCUT2D eigenvalue weighted by Crippen LogP contribution is -2.42. The zero-order valence-corrected chi connectivity index (χ0v) is 14.0. The second-order valence-electron chi connectivity index (χ2n) is 5.59. The molecule has 0 radical (unpaired) electrons.